The van der Waals surface area contributed by atoms with Crippen molar-refractivity contribution in [3.63, 3.8) is 0 Å². The molecule has 0 saturated heterocycles. The Morgan fingerprint density at radius 1 is 1.67 bits per heavy atom. The summed E-state index contributed by atoms with van der Waals surface area (Å²) in [5.74, 6) is -0.685. The van der Waals surface area contributed by atoms with E-state index in [0.717, 1.165) is 0 Å². The second-order valence-corrected chi connectivity index (χ2v) is 3.73. The van der Waals surface area contributed by atoms with Crippen molar-refractivity contribution in [3.05, 3.63) is 27.9 Å². The largest absolute Gasteiger partial charge is 0.480 e. The summed E-state index contributed by atoms with van der Waals surface area (Å²) in [6.07, 6.45) is 0. The van der Waals surface area contributed by atoms with E-state index in [2.05, 4.69) is 4.98 Å². The fourth-order valence-corrected chi connectivity index (χ4v) is 1.36. The summed E-state index contributed by atoms with van der Waals surface area (Å²) < 4.78 is 1.25. The normalized spacial score (nSPS) is 12.5. The number of alkyl halides is 1. The molecule has 0 fully saturated rings. The third kappa shape index (κ3) is 2.79. The molecule has 0 aliphatic heterocycles. The van der Waals surface area contributed by atoms with Crippen molar-refractivity contribution in [2.75, 3.05) is 0 Å². The highest BCUT2D eigenvalue weighted by atomic mass is 35.5. The van der Waals surface area contributed by atoms with E-state index < -0.39 is 11.3 Å². The first-order chi connectivity index (χ1) is 6.91. The summed E-state index contributed by atoms with van der Waals surface area (Å²) in [6, 6.07) is 1.35. The van der Waals surface area contributed by atoms with Crippen molar-refractivity contribution >= 4 is 17.6 Å². The molecular formula is C9H11ClN2O3. The maximum Gasteiger partial charge on any atom is 0.323 e. The zero-order chi connectivity index (χ0) is 11.6. The average molecular weight is 231 g/mol. The van der Waals surface area contributed by atoms with Gasteiger partial charge in [-0.3, -0.25) is 14.2 Å². The highest BCUT2D eigenvalue weighted by molar-refractivity contribution is 6.29. The summed E-state index contributed by atoms with van der Waals surface area (Å²) in [6.45, 7) is 3.27. The van der Waals surface area contributed by atoms with Crippen LogP contribution in [-0.2, 0) is 11.3 Å². The van der Waals surface area contributed by atoms with Gasteiger partial charge in [-0.1, -0.05) is 0 Å². The third-order valence-electron chi connectivity index (χ3n) is 1.94. The highest BCUT2D eigenvalue weighted by Crippen LogP contribution is 2.01. The number of halogens is 1. The Morgan fingerprint density at radius 2 is 2.27 bits per heavy atom. The van der Waals surface area contributed by atoms with Crippen LogP contribution >= 0.6 is 11.6 Å². The lowest BCUT2D eigenvalue weighted by atomic mass is 10.3. The minimum Gasteiger partial charge on any atom is -0.480 e. The molecule has 0 radical (unpaired) electrons. The fraction of sp³-hybridized carbons (Fsp3) is 0.444. The van der Waals surface area contributed by atoms with Crippen molar-refractivity contribution in [2.24, 2.45) is 0 Å². The Bertz CT molecular complexity index is 441. The van der Waals surface area contributed by atoms with Crippen molar-refractivity contribution in [2.45, 2.75) is 25.8 Å². The van der Waals surface area contributed by atoms with Crippen molar-refractivity contribution in [3.8, 4) is 0 Å². The van der Waals surface area contributed by atoms with Gasteiger partial charge in [-0.05, 0) is 13.8 Å². The second kappa shape index (κ2) is 4.44. The molecule has 1 heterocycles. The molecule has 15 heavy (non-hydrogen) atoms. The molecule has 0 amide bonds. The molecule has 5 nitrogen and oxygen atoms in total. The molecule has 0 spiro atoms. The van der Waals surface area contributed by atoms with Gasteiger partial charge in [0.15, 0.2) is 0 Å². The molecule has 0 bridgehead atoms. The van der Waals surface area contributed by atoms with E-state index in [1.54, 1.807) is 13.8 Å². The Labute approximate surface area is 91.3 Å². The van der Waals surface area contributed by atoms with Crippen LogP contribution in [0.1, 0.15) is 11.5 Å². The van der Waals surface area contributed by atoms with Crippen molar-refractivity contribution < 1.29 is 9.90 Å². The van der Waals surface area contributed by atoms with Crippen LogP contribution in [0.5, 0.6) is 0 Å². The van der Waals surface area contributed by atoms with Gasteiger partial charge in [-0.2, -0.15) is 0 Å². The zero-order valence-corrected chi connectivity index (χ0v) is 9.15. The number of rotatable bonds is 3. The van der Waals surface area contributed by atoms with Crippen LogP contribution in [0.15, 0.2) is 10.9 Å². The molecule has 1 N–H and O–H groups in total. The van der Waals surface area contributed by atoms with Gasteiger partial charge >= 0.3 is 5.97 Å². The molecule has 82 valence electrons. The lowest BCUT2D eigenvalue weighted by molar-refractivity contribution is -0.136. The van der Waals surface area contributed by atoms with E-state index in [1.807, 2.05) is 0 Å². The van der Waals surface area contributed by atoms with Gasteiger partial charge in [0.25, 0.3) is 5.56 Å². The van der Waals surface area contributed by atoms with E-state index in [4.69, 9.17) is 16.7 Å². The van der Waals surface area contributed by atoms with Gasteiger partial charge in [-0.25, -0.2) is 4.98 Å². The molecule has 1 aromatic rings. The topological polar surface area (TPSA) is 72.2 Å². The summed E-state index contributed by atoms with van der Waals surface area (Å²) in [7, 11) is 0. The number of aromatic nitrogens is 2. The van der Waals surface area contributed by atoms with Crippen molar-refractivity contribution in [1.82, 2.24) is 9.55 Å². The van der Waals surface area contributed by atoms with Crippen LogP contribution in [0.25, 0.3) is 0 Å². The number of aliphatic carboxylic acids is 1. The Hall–Kier alpha value is -1.36. The smallest absolute Gasteiger partial charge is 0.323 e. The van der Waals surface area contributed by atoms with Gasteiger partial charge in [0.05, 0.1) is 6.54 Å². The first-order valence-corrected chi connectivity index (χ1v) is 4.77. The quantitative estimate of drug-likeness (QED) is 0.770. The van der Waals surface area contributed by atoms with Crippen molar-refractivity contribution in [1.29, 1.82) is 0 Å². The molecule has 1 unspecified atom stereocenters. The number of carboxylic acid groups (broad SMARTS) is 1. The SMILES string of the molecule is Cc1cc(=O)n(CC(Cl)C(=O)O)c(C)n1. The lowest BCUT2D eigenvalue weighted by Crippen LogP contribution is -2.30. The molecule has 1 atom stereocenters. The van der Waals surface area contributed by atoms with Gasteiger partial charge in [0, 0.05) is 11.8 Å². The lowest BCUT2D eigenvalue weighted by Gasteiger charge is -2.10. The number of carbonyl (C=O) groups is 1. The predicted octanol–water partition coefficient (Wildman–Crippen LogP) is 0.552. The van der Waals surface area contributed by atoms with E-state index in [-0.39, 0.29) is 12.1 Å². The highest BCUT2D eigenvalue weighted by Gasteiger charge is 2.16. The number of nitrogens with zero attached hydrogens (tertiary/aromatic N) is 2. The summed E-state index contributed by atoms with van der Waals surface area (Å²) in [4.78, 5) is 26.1. The molecule has 0 saturated carbocycles. The van der Waals surface area contributed by atoms with Gasteiger partial charge in [0.1, 0.15) is 11.2 Å². The first-order valence-electron chi connectivity index (χ1n) is 4.34. The van der Waals surface area contributed by atoms with Crippen LogP contribution in [0.2, 0.25) is 0 Å². The number of carboxylic acids is 1. The van der Waals surface area contributed by atoms with Gasteiger partial charge in [0.2, 0.25) is 0 Å². The molecule has 0 aromatic carbocycles. The second-order valence-electron chi connectivity index (χ2n) is 3.20. The van der Waals surface area contributed by atoms with Crippen LogP contribution in [0.3, 0.4) is 0 Å². The fourth-order valence-electron chi connectivity index (χ4n) is 1.22. The summed E-state index contributed by atoms with van der Waals surface area (Å²) >= 11 is 5.55. The van der Waals surface area contributed by atoms with E-state index >= 15 is 0 Å². The zero-order valence-electron chi connectivity index (χ0n) is 8.40. The Balaban J connectivity index is 3.05. The predicted molar refractivity (Wildman–Crippen MR) is 55.2 cm³/mol. The van der Waals surface area contributed by atoms with Crippen LogP contribution in [-0.4, -0.2) is 26.0 Å². The minimum absolute atomic E-state index is 0.0746. The van der Waals surface area contributed by atoms with E-state index in [1.165, 1.54) is 10.6 Å². The average Bonchev–Trinajstić information content (AvgIpc) is 2.10. The van der Waals surface area contributed by atoms with Crippen LogP contribution in [0, 0.1) is 13.8 Å². The maximum absolute atomic E-state index is 11.5. The summed E-state index contributed by atoms with van der Waals surface area (Å²) in [5, 5.41) is 7.49. The van der Waals surface area contributed by atoms with Gasteiger partial charge < -0.3 is 5.11 Å². The molecule has 0 aliphatic carbocycles. The number of aryl methyl sites for hydroxylation is 2. The van der Waals surface area contributed by atoms with E-state index in [0.29, 0.717) is 11.5 Å². The Morgan fingerprint density at radius 3 is 2.73 bits per heavy atom. The molecule has 1 rings (SSSR count). The first kappa shape index (κ1) is 11.7. The molecular weight excluding hydrogens is 220 g/mol. The number of hydrogen-bond donors (Lipinski definition) is 1. The number of hydrogen-bond acceptors (Lipinski definition) is 3. The van der Waals surface area contributed by atoms with Crippen LogP contribution < -0.4 is 5.56 Å². The maximum atomic E-state index is 11.5. The Kier molecular flexibility index (Phi) is 3.47. The third-order valence-corrected chi connectivity index (χ3v) is 2.26. The van der Waals surface area contributed by atoms with E-state index in [9.17, 15) is 9.59 Å². The van der Waals surface area contributed by atoms with Crippen LogP contribution in [0.4, 0.5) is 0 Å². The standard InChI is InChI=1S/C9H11ClN2O3/c1-5-3-8(13)12(6(2)11-5)4-7(10)9(14)15/h3,7H,4H2,1-2H3,(H,14,15). The molecule has 1 aromatic heterocycles. The molecule has 0 aliphatic rings. The molecule has 6 heteroatoms. The summed E-state index contributed by atoms with van der Waals surface area (Å²) in [5.41, 5.74) is 0.321. The minimum atomic E-state index is -1.15. The van der Waals surface area contributed by atoms with Gasteiger partial charge in [-0.15, -0.1) is 11.6 Å². The monoisotopic (exact) mass is 230 g/mol.